The van der Waals surface area contributed by atoms with Crippen LogP contribution in [-0.2, 0) is 15.0 Å². The summed E-state index contributed by atoms with van der Waals surface area (Å²) >= 11 is 0. The van der Waals surface area contributed by atoms with E-state index in [4.69, 9.17) is 0 Å². The van der Waals surface area contributed by atoms with Crippen LogP contribution in [-0.4, -0.2) is 24.1 Å². The summed E-state index contributed by atoms with van der Waals surface area (Å²) in [7, 11) is 0. The predicted molar refractivity (Wildman–Crippen MR) is 101 cm³/mol. The summed E-state index contributed by atoms with van der Waals surface area (Å²) in [5, 5.41) is 6.86. The van der Waals surface area contributed by atoms with Crippen LogP contribution in [0.1, 0.15) is 70.4 Å². The summed E-state index contributed by atoms with van der Waals surface area (Å²) in [6.07, 6.45) is 6.95. The monoisotopic (exact) mass is 343 g/mol. The van der Waals surface area contributed by atoms with E-state index < -0.39 is 5.91 Å². The molecule has 1 aromatic rings. The van der Waals surface area contributed by atoms with Crippen LogP contribution < -0.4 is 10.7 Å². The van der Waals surface area contributed by atoms with Gasteiger partial charge in [-0.3, -0.25) is 9.59 Å². The van der Waals surface area contributed by atoms with Crippen LogP contribution in [0.3, 0.4) is 0 Å². The Hall–Kier alpha value is -2.17. The minimum atomic E-state index is -0.393. The van der Waals surface area contributed by atoms with Gasteiger partial charge in [0, 0.05) is 6.04 Å². The van der Waals surface area contributed by atoms with Crippen LogP contribution >= 0.6 is 0 Å². The van der Waals surface area contributed by atoms with Crippen molar-refractivity contribution in [3.05, 3.63) is 35.4 Å². The van der Waals surface area contributed by atoms with E-state index in [0.29, 0.717) is 0 Å². The first kappa shape index (κ1) is 19.2. The summed E-state index contributed by atoms with van der Waals surface area (Å²) in [4.78, 5) is 23.6. The molecular weight excluding hydrogens is 314 g/mol. The van der Waals surface area contributed by atoms with Crippen LogP contribution in [0, 0.1) is 0 Å². The Morgan fingerprint density at radius 3 is 2.32 bits per heavy atom. The maximum atomic E-state index is 11.9. The molecule has 0 atom stereocenters. The molecule has 0 aliphatic heterocycles. The molecule has 2 amide bonds. The first-order valence-corrected chi connectivity index (χ1v) is 9.06. The number of hydrazone groups is 1. The molecule has 136 valence electrons. The Bertz CT molecular complexity index is 609. The second-order valence-electron chi connectivity index (χ2n) is 7.74. The first-order valence-electron chi connectivity index (χ1n) is 9.06. The van der Waals surface area contributed by atoms with Crippen LogP contribution in [0.15, 0.2) is 29.4 Å². The Morgan fingerprint density at radius 2 is 1.72 bits per heavy atom. The van der Waals surface area contributed by atoms with E-state index in [1.54, 1.807) is 6.21 Å². The third-order valence-corrected chi connectivity index (χ3v) is 4.47. The number of amides is 2. The number of carbonyl (C=O) groups is 2. The topological polar surface area (TPSA) is 70.6 Å². The van der Waals surface area contributed by atoms with Crippen molar-refractivity contribution in [2.24, 2.45) is 5.10 Å². The van der Waals surface area contributed by atoms with Gasteiger partial charge in [-0.2, -0.15) is 5.10 Å². The molecule has 1 fully saturated rings. The van der Waals surface area contributed by atoms with Crippen LogP contribution in [0.2, 0.25) is 0 Å². The van der Waals surface area contributed by atoms with E-state index >= 15 is 0 Å². The van der Waals surface area contributed by atoms with E-state index in [0.717, 1.165) is 31.2 Å². The van der Waals surface area contributed by atoms with Gasteiger partial charge in [-0.1, -0.05) is 64.3 Å². The lowest BCUT2D eigenvalue weighted by Gasteiger charge is -2.22. The van der Waals surface area contributed by atoms with Crippen molar-refractivity contribution in [2.75, 3.05) is 0 Å². The minimum absolute atomic E-state index is 0.107. The Labute approximate surface area is 150 Å². The molecule has 5 heteroatoms. The van der Waals surface area contributed by atoms with Gasteiger partial charge < -0.3 is 5.32 Å². The number of hydrogen-bond acceptors (Lipinski definition) is 3. The van der Waals surface area contributed by atoms with Gasteiger partial charge in [0.2, 0.25) is 11.8 Å². The van der Waals surface area contributed by atoms with Crippen molar-refractivity contribution in [1.29, 1.82) is 0 Å². The number of benzene rings is 1. The average Bonchev–Trinajstić information content (AvgIpc) is 2.55. The van der Waals surface area contributed by atoms with Crippen molar-refractivity contribution < 1.29 is 9.59 Å². The number of nitrogens with zero attached hydrogens (tertiary/aromatic N) is 1. The standard InChI is InChI=1S/C20H29N3O2/c1-20(2,3)16-11-9-15(10-12-16)14-21-23-19(25)13-18(24)22-17-7-5-4-6-8-17/h9-12,14,17H,4-8,13H2,1-3H3,(H,22,24)(H,23,25)/b21-14+. The highest BCUT2D eigenvalue weighted by atomic mass is 16.2. The van der Waals surface area contributed by atoms with Gasteiger partial charge in [-0.05, 0) is 29.4 Å². The summed E-state index contributed by atoms with van der Waals surface area (Å²) in [5.74, 6) is -0.620. The van der Waals surface area contributed by atoms with Gasteiger partial charge in [-0.25, -0.2) is 5.43 Å². The quantitative estimate of drug-likeness (QED) is 0.489. The summed E-state index contributed by atoms with van der Waals surface area (Å²) in [5.41, 5.74) is 4.67. The summed E-state index contributed by atoms with van der Waals surface area (Å²) in [6.45, 7) is 6.48. The maximum Gasteiger partial charge on any atom is 0.249 e. The molecule has 1 aromatic carbocycles. The fourth-order valence-electron chi connectivity index (χ4n) is 2.96. The molecule has 5 nitrogen and oxygen atoms in total. The average molecular weight is 343 g/mol. The van der Waals surface area contributed by atoms with Crippen molar-refractivity contribution in [3.63, 3.8) is 0 Å². The van der Waals surface area contributed by atoms with E-state index in [1.807, 2.05) is 12.1 Å². The van der Waals surface area contributed by atoms with Gasteiger partial charge >= 0.3 is 0 Å². The van der Waals surface area contributed by atoms with Crippen molar-refractivity contribution in [2.45, 2.75) is 70.8 Å². The van der Waals surface area contributed by atoms with Gasteiger partial charge in [0.1, 0.15) is 6.42 Å². The number of hydrogen-bond donors (Lipinski definition) is 2. The molecule has 1 saturated carbocycles. The zero-order valence-electron chi connectivity index (χ0n) is 15.5. The van der Waals surface area contributed by atoms with E-state index in [-0.39, 0.29) is 23.8 Å². The molecule has 0 bridgehead atoms. The Morgan fingerprint density at radius 1 is 1.08 bits per heavy atom. The van der Waals surface area contributed by atoms with Crippen LogP contribution in [0.4, 0.5) is 0 Å². The second kappa shape index (κ2) is 8.79. The largest absolute Gasteiger partial charge is 0.353 e. The lowest BCUT2D eigenvalue weighted by atomic mass is 9.87. The Kier molecular flexibility index (Phi) is 6.73. The van der Waals surface area contributed by atoms with Gasteiger partial charge in [0.05, 0.1) is 6.21 Å². The molecule has 1 aliphatic rings. The fraction of sp³-hybridized carbons (Fsp3) is 0.550. The third-order valence-electron chi connectivity index (χ3n) is 4.47. The van der Waals surface area contributed by atoms with Crippen molar-refractivity contribution >= 4 is 18.0 Å². The van der Waals surface area contributed by atoms with E-state index in [9.17, 15) is 9.59 Å². The molecule has 0 aromatic heterocycles. The fourth-order valence-corrected chi connectivity index (χ4v) is 2.96. The molecular formula is C20H29N3O2. The van der Waals surface area contributed by atoms with Gasteiger partial charge in [0.25, 0.3) is 0 Å². The van der Waals surface area contributed by atoms with Crippen molar-refractivity contribution in [1.82, 2.24) is 10.7 Å². The second-order valence-corrected chi connectivity index (χ2v) is 7.74. The van der Waals surface area contributed by atoms with Gasteiger partial charge in [0.15, 0.2) is 0 Å². The van der Waals surface area contributed by atoms with Crippen molar-refractivity contribution in [3.8, 4) is 0 Å². The summed E-state index contributed by atoms with van der Waals surface area (Å²) in [6, 6.07) is 8.26. The molecule has 2 N–H and O–H groups in total. The molecule has 0 unspecified atom stereocenters. The highest BCUT2D eigenvalue weighted by Gasteiger charge is 2.17. The predicted octanol–water partition coefficient (Wildman–Crippen LogP) is 3.27. The lowest BCUT2D eigenvalue weighted by molar-refractivity contribution is -0.129. The van der Waals surface area contributed by atoms with E-state index in [2.05, 4.69) is 48.7 Å². The zero-order chi connectivity index (χ0) is 18.3. The highest BCUT2D eigenvalue weighted by molar-refractivity contribution is 5.97. The zero-order valence-corrected chi connectivity index (χ0v) is 15.5. The molecule has 0 heterocycles. The molecule has 25 heavy (non-hydrogen) atoms. The van der Waals surface area contributed by atoms with Crippen LogP contribution in [0.5, 0.6) is 0 Å². The third kappa shape index (κ3) is 6.69. The molecule has 1 aliphatic carbocycles. The molecule has 0 spiro atoms. The number of rotatable bonds is 5. The number of nitrogens with one attached hydrogen (secondary N) is 2. The lowest BCUT2D eigenvalue weighted by Crippen LogP contribution is -2.38. The summed E-state index contributed by atoms with van der Waals surface area (Å²) < 4.78 is 0. The smallest absolute Gasteiger partial charge is 0.249 e. The normalized spacial score (nSPS) is 16.0. The highest BCUT2D eigenvalue weighted by Crippen LogP contribution is 2.21. The number of carbonyl (C=O) groups excluding carboxylic acids is 2. The molecule has 2 rings (SSSR count). The minimum Gasteiger partial charge on any atom is -0.353 e. The van der Waals surface area contributed by atoms with Gasteiger partial charge in [-0.15, -0.1) is 0 Å². The SMILES string of the molecule is CC(C)(C)c1ccc(/C=N/NC(=O)CC(=O)NC2CCCCC2)cc1. The Balaban J connectivity index is 1.75. The molecule has 0 saturated heterocycles. The maximum absolute atomic E-state index is 11.9. The van der Waals surface area contributed by atoms with Crippen LogP contribution in [0.25, 0.3) is 0 Å². The van der Waals surface area contributed by atoms with E-state index in [1.165, 1.54) is 12.0 Å². The first-order chi connectivity index (χ1) is 11.8. The molecule has 0 radical (unpaired) electrons.